The number of oxazole rings is 1. The maximum absolute atomic E-state index is 11.9. The number of carbonyl (C=O) groups excluding carboxylic acids is 1. The average Bonchev–Trinajstić information content (AvgIpc) is 2.99. The highest BCUT2D eigenvalue weighted by molar-refractivity contribution is 5.76. The molecule has 4 heteroatoms. The van der Waals surface area contributed by atoms with Gasteiger partial charge in [-0.25, -0.2) is 4.98 Å². The van der Waals surface area contributed by atoms with Gasteiger partial charge in [-0.3, -0.25) is 4.79 Å². The van der Waals surface area contributed by atoms with Gasteiger partial charge >= 0.3 is 0 Å². The van der Waals surface area contributed by atoms with Crippen LogP contribution in [0.4, 0.5) is 0 Å². The summed E-state index contributed by atoms with van der Waals surface area (Å²) in [5, 5.41) is 2.93. The molecule has 0 radical (unpaired) electrons. The van der Waals surface area contributed by atoms with Crippen LogP contribution in [0.25, 0.3) is 11.1 Å². The Hall–Kier alpha value is -2.62. The minimum absolute atomic E-state index is 0.0523. The zero-order valence-electron chi connectivity index (χ0n) is 11.6. The van der Waals surface area contributed by atoms with E-state index in [1.54, 1.807) is 0 Å². The molecule has 3 aromatic rings. The minimum atomic E-state index is 0.0523. The first-order valence-electron chi connectivity index (χ1n) is 6.94. The van der Waals surface area contributed by atoms with Crippen LogP contribution < -0.4 is 5.32 Å². The number of nitrogens with zero attached hydrogens (tertiary/aromatic N) is 1. The van der Waals surface area contributed by atoms with Crippen LogP contribution in [0.2, 0.25) is 0 Å². The molecular formula is C17H16N2O2. The molecular weight excluding hydrogens is 264 g/mol. The molecule has 1 heterocycles. The Kier molecular flexibility index (Phi) is 3.96. The van der Waals surface area contributed by atoms with Crippen molar-refractivity contribution in [3.05, 3.63) is 66.1 Å². The smallest absolute Gasteiger partial charge is 0.220 e. The maximum atomic E-state index is 11.9. The molecule has 0 fully saturated rings. The maximum Gasteiger partial charge on any atom is 0.220 e. The highest BCUT2D eigenvalue weighted by Gasteiger charge is 2.04. The average molecular weight is 280 g/mol. The molecule has 0 atom stereocenters. The van der Waals surface area contributed by atoms with Crippen LogP contribution in [-0.4, -0.2) is 10.9 Å². The topological polar surface area (TPSA) is 55.1 Å². The van der Waals surface area contributed by atoms with E-state index in [0.717, 1.165) is 23.1 Å². The lowest BCUT2D eigenvalue weighted by molar-refractivity contribution is -0.121. The van der Waals surface area contributed by atoms with E-state index in [0.29, 0.717) is 13.0 Å². The number of hydrogen-bond donors (Lipinski definition) is 1. The Morgan fingerprint density at radius 1 is 1.10 bits per heavy atom. The lowest BCUT2D eigenvalue weighted by Gasteiger charge is -2.05. The third-order valence-electron chi connectivity index (χ3n) is 3.37. The van der Waals surface area contributed by atoms with E-state index in [-0.39, 0.29) is 5.91 Å². The summed E-state index contributed by atoms with van der Waals surface area (Å²) in [5.74, 6) is 0.0523. The van der Waals surface area contributed by atoms with Gasteiger partial charge in [0.1, 0.15) is 5.52 Å². The fraction of sp³-hybridized carbons (Fsp3) is 0.176. The van der Waals surface area contributed by atoms with Crippen molar-refractivity contribution >= 4 is 17.0 Å². The molecule has 0 aliphatic heterocycles. The number of rotatable bonds is 5. The van der Waals surface area contributed by atoms with E-state index in [2.05, 4.69) is 10.3 Å². The van der Waals surface area contributed by atoms with Crippen LogP contribution in [0, 0.1) is 0 Å². The Balaban J connectivity index is 1.51. The summed E-state index contributed by atoms with van der Waals surface area (Å²) in [5.41, 5.74) is 3.75. The van der Waals surface area contributed by atoms with Crippen LogP contribution in [0.5, 0.6) is 0 Å². The van der Waals surface area contributed by atoms with Gasteiger partial charge in [-0.15, -0.1) is 0 Å². The van der Waals surface area contributed by atoms with E-state index in [1.165, 1.54) is 12.0 Å². The second-order valence-corrected chi connectivity index (χ2v) is 4.92. The number of amides is 1. The Morgan fingerprint density at radius 3 is 2.81 bits per heavy atom. The van der Waals surface area contributed by atoms with Crippen LogP contribution in [0.3, 0.4) is 0 Å². The minimum Gasteiger partial charge on any atom is -0.443 e. The number of aryl methyl sites for hydroxylation is 1. The summed E-state index contributed by atoms with van der Waals surface area (Å²) in [7, 11) is 0. The van der Waals surface area contributed by atoms with Crippen molar-refractivity contribution < 1.29 is 9.21 Å². The predicted molar refractivity (Wildman–Crippen MR) is 80.6 cm³/mol. The number of nitrogens with one attached hydrogen (secondary N) is 1. The largest absolute Gasteiger partial charge is 0.443 e. The first-order valence-corrected chi connectivity index (χ1v) is 6.94. The summed E-state index contributed by atoms with van der Waals surface area (Å²) in [6, 6.07) is 15.8. The summed E-state index contributed by atoms with van der Waals surface area (Å²) in [6.45, 7) is 0.504. The van der Waals surface area contributed by atoms with Gasteiger partial charge in [-0.1, -0.05) is 36.4 Å². The molecule has 3 rings (SSSR count). The summed E-state index contributed by atoms with van der Waals surface area (Å²) in [4.78, 5) is 15.9. The molecule has 1 N–H and O–H groups in total. The fourth-order valence-electron chi connectivity index (χ4n) is 2.20. The van der Waals surface area contributed by atoms with Crippen molar-refractivity contribution in [3.8, 4) is 0 Å². The molecule has 1 amide bonds. The van der Waals surface area contributed by atoms with Crippen molar-refractivity contribution in [1.29, 1.82) is 0 Å². The molecule has 0 bridgehead atoms. The summed E-state index contributed by atoms with van der Waals surface area (Å²) < 4.78 is 5.25. The van der Waals surface area contributed by atoms with Crippen LogP contribution in [0.1, 0.15) is 17.5 Å². The molecule has 0 unspecified atom stereocenters. The highest BCUT2D eigenvalue weighted by Crippen LogP contribution is 2.14. The molecule has 21 heavy (non-hydrogen) atoms. The number of aromatic nitrogens is 1. The second kappa shape index (κ2) is 6.22. The molecule has 1 aromatic heterocycles. The van der Waals surface area contributed by atoms with E-state index >= 15 is 0 Å². The molecule has 2 aromatic carbocycles. The van der Waals surface area contributed by atoms with Gasteiger partial charge in [0.15, 0.2) is 12.0 Å². The zero-order valence-corrected chi connectivity index (χ0v) is 11.6. The number of fused-ring (bicyclic) bond motifs is 1. The molecule has 0 saturated carbocycles. The van der Waals surface area contributed by atoms with Gasteiger partial charge in [-0.2, -0.15) is 0 Å². The third kappa shape index (κ3) is 3.48. The Bertz CT molecular complexity index is 735. The number of hydrogen-bond acceptors (Lipinski definition) is 3. The lowest BCUT2D eigenvalue weighted by Crippen LogP contribution is -2.22. The standard InChI is InChI=1S/C17H16N2O2/c20-17(9-7-13-4-2-1-3-5-13)18-11-14-6-8-15-16(10-14)21-12-19-15/h1-6,8,10,12H,7,9,11H2,(H,18,20). The van der Waals surface area contributed by atoms with Crippen molar-refractivity contribution in [2.45, 2.75) is 19.4 Å². The van der Waals surface area contributed by atoms with Gasteiger partial charge in [-0.05, 0) is 29.7 Å². The van der Waals surface area contributed by atoms with Crippen molar-refractivity contribution in [1.82, 2.24) is 10.3 Å². The third-order valence-corrected chi connectivity index (χ3v) is 3.37. The lowest BCUT2D eigenvalue weighted by atomic mass is 10.1. The Morgan fingerprint density at radius 2 is 1.95 bits per heavy atom. The Labute approximate surface area is 122 Å². The van der Waals surface area contributed by atoms with Crippen molar-refractivity contribution in [3.63, 3.8) is 0 Å². The van der Waals surface area contributed by atoms with Gasteiger partial charge in [0.05, 0.1) is 0 Å². The SMILES string of the molecule is O=C(CCc1ccccc1)NCc1ccc2ncoc2c1. The molecule has 0 saturated heterocycles. The van der Waals surface area contributed by atoms with Gasteiger partial charge in [0, 0.05) is 13.0 Å². The number of benzene rings is 2. The molecule has 106 valence electrons. The fourth-order valence-corrected chi connectivity index (χ4v) is 2.20. The molecule has 0 spiro atoms. The van der Waals surface area contributed by atoms with E-state index < -0.39 is 0 Å². The van der Waals surface area contributed by atoms with Crippen molar-refractivity contribution in [2.24, 2.45) is 0 Å². The number of carbonyl (C=O) groups is 1. The molecule has 4 nitrogen and oxygen atoms in total. The van der Waals surface area contributed by atoms with Crippen molar-refractivity contribution in [2.75, 3.05) is 0 Å². The van der Waals surface area contributed by atoms with Gasteiger partial charge in [0.2, 0.25) is 5.91 Å². The van der Waals surface area contributed by atoms with E-state index in [9.17, 15) is 4.79 Å². The van der Waals surface area contributed by atoms with Crippen LogP contribution in [0.15, 0.2) is 59.3 Å². The van der Waals surface area contributed by atoms with Crippen LogP contribution >= 0.6 is 0 Å². The van der Waals surface area contributed by atoms with Crippen LogP contribution in [-0.2, 0) is 17.8 Å². The monoisotopic (exact) mass is 280 g/mol. The quantitative estimate of drug-likeness (QED) is 0.781. The molecule has 0 aliphatic carbocycles. The van der Waals surface area contributed by atoms with Gasteiger partial charge in [0.25, 0.3) is 0 Å². The highest BCUT2D eigenvalue weighted by atomic mass is 16.3. The summed E-state index contributed by atoms with van der Waals surface area (Å²) in [6.07, 6.45) is 2.68. The second-order valence-electron chi connectivity index (χ2n) is 4.92. The first-order chi connectivity index (χ1) is 10.3. The van der Waals surface area contributed by atoms with E-state index in [1.807, 2.05) is 48.5 Å². The van der Waals surface area contributed by atoms with E-state index in [4.69, 9.17) is 4.42 Å². The molecule has 0 aliphatic rings. The predicted octanol–water partition coefficient (Wildman–Crippen LogP) is 3.08. The summed E-state index contributed by atoms with van der Waals surface area (Å²) >= 11 is 0. The first kappa shape index (κ1) is 13.4. The normalized spacial score (nSPS) is 10.7. The van der Waals surface area contributed by atoms with Gasteiger partial charge < -0.3 is 9.73 Å². The zero-order chi connectivity index (χ0) is 14.5.